The van der Waals surface area contributed by atoms with Gasteiger partial charge in [-0.2, -0.15) is 0 Å². The van der Waals surface area contributed by atoms with Crippen molar-refractivity contribution in [3.63, 3.8) is 0 Å². The zero-order chi connectivity index (χ0) is 45.3. The topological polar surface area (TPSA) is 162 Å². The molecule has 0 aromatic heterocycles. The van der Waals surface area contributed by atoms with E-state index in [9.17, 15) is 20.3 Å². The molecule has 2 heterocycles. The summed E-state index contributed by atoms with van der Waals surface area (Å²) in [7, 11) is 0. The largest absolute Gasteiger partial charge is 0.459 e. The molecule has 1 saturated heterocycles. The third kappa shape index (κ3) is 9.84. The molecule has 1 amide bonds. The lowest BCUT2D eigenvalue weighted by Gasteiger charge is -2.60. The Kier molecular flexibility index (Phi) is 14.9. The van der Waals surface area contributed by atoms with Gasteiger partial charge in [0.05, 0.1) is 35.8 Å². The number of unbranched alkanes of at least 4 members (excludes halogenated alkanes) is 2. The molecule has 0 spiro atoms. The number of hydrogen-bond donors (Lipinski definition) is 2. The van der Waals surface area contributed by atoms with E-state index >= 15 is 4.79 Å². The standard InChI is InChI=1S/C52H61N3O10/c1-3-25-54(51(58)38-22-21-35-14-5-6-15-36(35)30-38)47-34-45(53-65-48-20-9-12-29-61-48)43-31-37(16-7-10-26-56)42(19-8-11-27-57)49-44-33-41(63-40-18-13-17-39(32-40)55(59)60)23-24-46(44)64-52(47,50(43)49)62-28-4-2/h4-6,13-15,17-18,21-24,30-33,37,42,47-50,56-57H,2-3,7-12,16,19-20,25-29,34H2,1H3/t37-,42+,47-,48?,49+,50+,52+/m0/s1. The second-order valence-electron chi connectivity index (χ2n) is 17.6. The van der Waals surface area contributed by atoms with Gasteiger partial charge in [-0.05, 0) is 110 Å². The Hall–Kier alpha value is -5.60. The number of rotatable bonds is 20. The monoisotopic (exact) mass is 887 g/mol. The Morgan fingerprint density at radius 2 is 1.77 bits per heavy atom. The summed E-state index contributed by atoms with van der Waals surface area (Å²) in [6, 6.07) is 24.9. The zero-order valence-electron chi connectivity index (χ0n) is 37.2. The highest BCUT2D eigenvalue weighted by molar-refractivity contribution is 6.04. The van der Waals surface area contributed by atoms with E-state index < -0.39 is 29.0 Å². The van der Waals surface area contributed by atoms with Crippen molar-refractivity contribution in [2.45, 2.75) is 102 Å². The average Bonchev–Trinajstić information content (AvgIpc) is 3.33. The normalized spacial score (nSPS) is 25.2. The number of aliphatic hydroxyl groups excluding tert-OH is 2. The van der Waals surface area contributed by atoms with E-state index in [1.54, 1.807) is 24.3 Å². The van der Waals surface area contributed by atoms with Gasteiger partial charge in [-0.15, -0.1) is 6.58 Å². The summed E-state index contributed by atoms with van der Waals surface area (Å²) in [4.78, 5) is 34.8. The first-order chi connectivity index (χ1) is 31.8. The number of aliphatic hydroxyl groups is 2. The number of nitro groups is 1. The fourth-order valence-electron chi connectivity index (χ4n) is 10.6. The van der Waals surface area contributed by atoms with E-state index in [2.05, 4.69) is 19.6 Å². The van der Waals surface area contributed by atoms with Crippen LogP contribution in [0.4, 0.5) is 5.69 Å². The molecule has 2 N–H and O–H groups in total. The predicted octanol–water partition coefficient (Wildman–Crippen LogP) is 10.3. The molecule has 0 bridgehead atoms. The quantitative estimate of drug-likeness (QED) is 0.0378. The van der Waals surface area contributed by atoms with Crippen LogP contribution in [0.5, 0.6) is 17.2 Å². The van der Waals surface area contributed by atoms with Gasteiger partial charge in [0.2, 0.25) is 12.1 Å². The molecule has 4 aromatic carbocycles. The Bertz CT molecular complexity index is 2380. The third-order valence-electron chi connectivity index (χ3n) is 13.4. The van der Waals surface area contributed by atoms with Crippen LogP contribution < -0.4 is 9.47 Å². The summed E-state index contributed by atoms with van der Waals surface area (Å²) in [5.74, 6) is -0.995. The van der Waals surface area contributed by atoms with Crippen LogP contribution in [0.2, 0.25) is 0 Å². The Morgan fingerprint density at radius 1 is 0.969 bits per heavy atom. The molecule has 2 aliphatic carbocycles. The third-order valence-corrected chi connectivity index (χ3v) is 13.4. The van der Waals surface area contributed by atoms with E-state index in [-0.39, 0.29) is 55.6 Å². The summed E-state index contributed by atoms with van der Waals surface area (Å²) >= 11 is 0. The van der Waals surface area contributed by atoms with Crippen molar-refractivity contribution in [1.82, 2.24) is 4.90 Å². The summed E-state index contributed by atoms with van der Waals surface area (Å²) in [5, 5.41) is 38.7. The number of non-ortho nitro benzene ring substituents is 1. The molecule has 0 radical (unpaired) electrons. The van der Waals surface area contributed by atoms with Crippen molar-refractivity contribution in [2.24, 2.45) is 22.9 Å². The SMILES string of the molecule is C=CCO[C@@]12Oc3ccc(Oc4cccc([N+](=O)[O-])c4)cc3[C@H]3[C@H](CCCCO)[C@@H](CCCCO)C=C(C(=NOC4CCCCO4)C[C@@H]1N(CCC)C(=O)c1ccc4ccccc4c1)[C@H]32. The van der Waals surface area contributed by atoms with Gasteiger partial charge in [0.1, 0.15) is 23.3 Å². The number of benzene rings is 4. The van der Waals surface area contributed by atoms with Crippen LogP contribution in [0.25, 0.3) is 10.8 Å². The maximum absolute atomic E-state index is 15.3. The highest BCUT2D eigenvalue weighted by Gasteiger charge is 2.65. The highest BCUT2D eigenvalue weighted by atomic mass is 16.8. The second-order valence-corrected chi connectivity index (χ2v) is 17.6. The van der Waals surface area contributed by atoms with Gasteiger partial charge in [-0.3, -0.25) is 14.9 Å². The first-order valence-electron chi connectivity index (χ1n) is 23.4. The number of hydrogen-bond acceptors (Lipinski definition) is 11. The molecule has 7 atom stereocenters. The molecular formula is C52H61N3O10. The Labute approximate surface area is 380 Å². The minimum atomic E-state index is -1.44. The fourth-order valence-corrected chi connectivity index (χ4v) is 10.6. The van der Waals surface area contributed by atoms with Gasteiger partial charge in [0.15, 0.2) is 0 Å². The fraction of sp³-hybridized carbons (Fsp3) is 0.462. The number of allylic oxidation sites excluding steroid dienone is 1. The summed E-state index contributed by atoms with van der Waals surface area (Å²) in [6.45, 7) is 7.39. The zero-order valence-corrected chi connectivity index (χ0v) is 37.2. The average molecular weight is 888 g/mol. The van der Waals surface area contributed by atoms with Crippen LogP contribution in [-0.4, -0.2) is 82.7 Å². The first-order valence-corrected chi connectivity index (χ1v) is 23.4. The van der Waals surface area contributed by atoms with Gasteiger partial charge >= 0.3 is 0 Å². The van der Waals surface area contributed by atoms with Crippen LogP contribution in [0, 0.1) is 27.9 Å². The maximum atomic E-state index is 15.3. The molecule has 1 saturated carbocycles. The number of amides is 1. The van der Waals surface area contributed by atoms with Crippen LogP contribution in [-0.2, 0) is 14.3 Å². The molecule has 2 aliphatic heterocycles. The van der Waals surface area contributed by atoms with E-state index in [1.165, 1.54) is 12.1 Å². The van der Waals surface area contributed by atoms with E-state index in [1.807, 2.05) is 59.5 Å². The van der Waals surface area contributed by atoms with Crippen LogP contribution in [0.1, 0.15) is 99.4 Å². The Balaban J connectivity index is 1.33. The number of carbonyl (C=O) groups is 1. The summed E-state index contributed by atoms with van der Waals surface area (Å²) in [6.07, 6.45) is 11.5. The lowest BCUT2D eigenvalue weighted by atomic mass is 9.55. The minimum Gasteiger partial charge on any atom is -0.459 e. The summed E-state index contributed by atoms with van der Waals surface area (Å²) < 4.78 is 27.0. The highest BCUT2D eigenvalue weighted by Crippen LogP contribution is 2.62. The number of oxime groups is 1. The van der Waals surface area contributed by atoms with Gasteiger partial charge in [0, 0.05) is 55.7 Å². The smallest absolute Gasteiger partial charge is 0.273 e. The number of carbonyl (C=O) groups excluding carboxylic acids is 1. The van der Waals surface area contributed by atoms with Gasteiger partial charge < -0.3 is 38.9 Å². The van der Waals surface area contributed by atoms with Crippen LogP contribution in [0.15, 0.2) is 114 Å². The molecule has 8 rings (SSSR count). The van der Waals surface area contributed by atoms with Crippen molar-refractivity contribution < 1.29 is 43.7 Å². The number of ether oxygens (including phenoxy) is 4. The number of nitrogens with zero attached hydrogens (tertiary/aromatic N) is 3. The van der Waals surface area contributed by atoms with E-state index in [0.29, 0.717) is 67.4 Å². The number of nitro benzene ring substituents is 1. The molecule has 1 unspecified atom stereocenters. The molecule has 4 aromatic rings. The van der Waals surface area contributed by atoms with Gasteiger partial charge in [-0.25, -0.2) is 0 Å². The van der Waals surface area contributed by atoms with Crippen molar-refractivity contribution in [1.29, 1.82) is 0 Å². The van der Waals surface area contributed by atoms with Gasteiger partial charge in [-0.1, -0.05) is 73.5 Å². The number of fused-ring (bicyclic) bond motifs is 3. The van der Waals surface area contributed by atoms with Crippen LogP contribution >= 0.6 is 0 Å². The molecule has 13 heteroatoms. The van der Waals surface area contributed by atoms with E-state index in [4.69, 9.17) is 28.9 Å². The van der Waals surface area contributed by atoms with Crippen molar-refractivity contribution in [3.05, 3.63) is 130 Å². The van der Waals surface area contributed by atoms with Crippen molar-refractivity contribution in [3.8, 4) is 17.2 Å². The Morgan fingerprint density at radius 3 is 2.52 bits per heavy atom. The maximum Gasteiger partial charge on any atom is 0.273 e. The second kappa shape index (κ2) is 21.1. The lowest BCUT2D eigenvalue weighted by molar-refractivity contribution is -0.384. The van der Waals surface area contributed by atoms with Gasteiger partial charge in [0.25, 0.3) is 11.6 Å². The predicted molar refractivity (Wildman–Crippen MR) is 248 cm³/mol. The molecule has 4 aliphatic rings. The molecular weight excluding hydrogens is 827 g/mol. The molecule has 2 fully saturated rings. The van der Waals surface area contributed by atoms with Crippen molar-refractivity contribution in [2.75, 3.05) is 33.0 Å². The van der Waals surface area contributed by atoms with Crippen molar-refractivity contribution >= 4 is 28.1 Å². The molecule has 65 heavy (non-hydrogen) atoms. The summed E-state index contributed by atoms with van der Waals surface area (Å²) in [5.41, 5.74) is 2.96. The molecule has 344 valence electrons. The van der Waals surface area contributed by atoms with E-state index in [0.717, 1.165) is 60.4 Å². The first kappa shape index (κ1) is 45.9. The minimum absolute atomic E-state index is 0.00479. The van der Waals surface area contributed by atoms with Crippen LogP contribution in [0.3, 0.4) is 0 Å². The molecule has 13 nitrogen and oxygen atoms in total. The lowest BCUT2D eigenvalue weighted by Crippen LogP contribution is -2.70.